The van der Waals surface area contributed by atoms with Gasteiger partial charge in [0.05, 0.1) is 6.61 Å². The molecule has 0 unspecified atom stereocenters. The van der Waals surface area contributed by atoms with E-state index in [0.717, 1.165) is 44.9 Å². The standard InChI is InChI=1S/C38H66O5/c1-3-5-7-9-11-13-15-17-18-19-20-21-23-24-26-28-30-32-37(40)42-35-36(34-39)43-38(41)33-31-29-27-25-22-16-14-12-10-8-6-4-2/h11,13,17-18,20-21,24,26,36,39H,3-10,12,14-16,19,22-23,25,27-35H2,1-2H3/b13-11+,18-17+,21-20+,26-24+/t36-/m0/s1. The average Bonchev–Trinajstić information content (AvgIpc) is 3.01. The monoisotopic (exact) mass is 602 g/mol. The van der Waals surface area contributed by atoms with E-state index in [1.807, 2.05) is 0 Å². The van der Waals surface area contributed by atoms with E-state index in [2.05, 4.69) is 62.5 Å². The van der Waals surface area contributed by atoms with E-state index in [0.29, 0.717) is 19.3 Å². The zero-order chi connectivity index (χ0) is 31.5. The summed E-state index contributed by atoms with van der Waals surface area (Å²) in [5.41, 5.74) is 0. The first-order valence-corrected chi connectivity index (χ1v) is 17.7. The van der Waals surface area contributed by atoms with Gasteiger partial charge >= 0.3 is 11.9 Å². The van der Waals surface area contributed by atoms with Crippen molar-refractivity contribution in [1.82, 2.24) is 0 Å². The smallest absolute Gasteiger partial charge is 0.306 e. The molecule has 0 spiro atoms. The molecule has 43 heavy (non-hydrogen) atoms. The minimum atomic E-state index is -0.790. The third-order valence-electron chi connectivity index (χ3n) is 7.38. The Morgan fingerprint density at radius 1 is 0.535 bits per heavy atom. The van der Waals surface area contributed by atoms with Crippen LogP contribution in [0.2, 0.25) is 0 Å². The van der Waals surface area contributed by atoms with Crippen molar-refractivity contribution < 1.29 is 24.2 Å². The lowest BCUT2D eigenvalue weighted by Gasteiger charge is -2.15. The molecule has 5 heteroatoms. The summed E-state index contributed by atoms with van der Waals surface area (Å²) in [6.45, 7) is 4.04. The lowest BCUT2D eigenvalue weighted by Crippen LogP contribution is -2.28. The molecule has 0 aromatic heterocycles. The summed E-state index contributed by atoms with van der Waals surface area (Å²) in [5, 5.41) is 9.50. The second-order valence-electron chi connectivity index (χ2n) is 11.6. The number of carbonyl (C=O) groups is 2. The highest BCUT2D eigenvalue weighted by Crippen LogP contribution is 2.13. The molecule has 1 N–H and O–H groups in total. The van der Waals surface area contributed by atoms with Crippen molar-refractivity contribution in [2.45, 2.75) is 168 Å². The van der Waals surface area contributed by atoms with E-state index in [4.69, 9.17) is 9.47 Å². The molecular formula is C38H66O5. The van der Waals surface area contributed by atoms with E-state index in [-0.39, 0.29) is 25.2 Å². The van der Waals surface area contributed by atoms with Gasteiger partial charge in [0.15, 0.2) is 6.10 Å². The molecular weight excluding hydrogens is 536 g/mol. The Kier molecular flexibility index (Phi) is 32.6. The molecule has 0 aliphatic rings. The van der Waals surface area contributed by atoms with Gasteiger partial charge in [0.2, 0.25) is 0 Å². The van der Waals surface area contributed by atoms with Crippen molar-refractivity contribution in [2.24, 2.45) is 0 Å². The van der Waals surface area contributed by atoms with Crippen LogP contribution in [0.15, 0.2) is 48.6 Å². The Bertz CT molecular complexity index is 737. The maximum atomic E-state index is 12.1. The molecule has 0 aliphatic carbocycles. The van der Waals surface area contributed by atoms with Gasteiger partial charge in [-0.3, -0.25) is 9.59 Å². The number of aliphatic hydroxyl groups is 1. The lowest BCUT2D eigenvalue weighted by atomic mass is 10.0. The van der Waals surface area contributed by atoms with Gasteiger partial charge in [0, 0.05) is 12.8 Å². The summed E-state index contributed by atoms with van der Waals surface area (Å²) in [7, 11) is 0. The van der Waals surface area contributed by atoms with Crippen molar-refractivity contribution in [2.75, 3.05) is 13.2 Å². The maximum absolute atomic E-state index is 12.1. The van der Waals surface area contributed by atoms with Crippen LogP contribution in [-0.4, -0.2) is 36.4 Å². The number of carbonyl (C=O) groups excluding carboxylic acids is 2. The zero-order valence-corrected chi connectivity index (χ0v) is 28.0. The molecule has 0 heterocycles. The topological polar surface area (TPSA) is 72.8 Å². The Hall–Kier alpha value is -2.14. The molecule has 1 atom stereocenters. The minimum Gasteiger partial charge on any atom is -0.462 e. The first-order chi connectivity index (χ1) is 21.1. The van der Waals surface area contributed by atoms with Gasteiger partial charge in [-0.05, 0) is 51.4 Å². The molecule has 0 aromatic rings. The van der Waals surface area contributed by atoms with Crippen LogP contribution in [0.5, 0.6) is 0 Å². The Morgan fingerprint density at radius 2 is 0.953 bits per heavy atom. The third kappa shape index (κ3) is 32.6. The molecule has 0 bridgehead atoms. The van der Waals surface area contributed by atoms with Crippen LogP contribution < -0.4 is 0 Å². The predicted molar refractivity (Wildman–Crippen MR) is 182 cm³/mol. The normalized spacial score (nSPS) is 12.7. The molecule has 0 aliphatic heterocycles. The van der Waals surface area contributed by atoms with E-state index in [9.17, 15) is 14.7 Å². The van der Waals surface area contributed by atoms with Crippen LogP contribution in [0.4, 0.5) is 0 Å². The minimum absolute atomic E-state index is 0.0934. The molecule has 0 saturated heterocycles. The fraction of sp³-hybridized carbons (Fsp3) is 0.737. The fourth-order valence-corrected chi connectivity index (χ4v) is 4.66. The molecule has 5 nitrogen and oxygen atoms in total. The first kappa shape index (κ1) is 40.9. The van der Waals surface area contributed by atoms with Gasteiger partial charge in [0.25, 0.3) is 0 Å². The second kappa shape index (κ2) is 34.4. The van der Waals surface area contributed by atoms with Crippen molar-refractivity contribution in [3.8, 4) is 0 Å². The number of unbranched alkanes of at least 4 members (excludes halogenated alkanes) is 15. The summed E-state index contributed by atoms with van der Waals surface area (Å²) in [4.78, 5) is 24.1. The van der Waals surface area contributed by atoms with Crippen LogP contribution in [0.1, 0.15) is 162 Å². The van der Waals surface area contributed by atoms with Crippen molar-refractivity contribution in [3.05, 3.63) is 48.6 Å². The highest BCUT2D eigenvalue weighted by Gasteiger charge is 2.16. The number of hydrogen-bond donors (Lipinski definition) is 1. The van der Waals surface area contributed by atoms with Crippen molar-refractivity contribution in [3.63, 3.8) is 0 Å². The number of hydrogen-bond acceptors (Lipinski definition) is 5. The highest BCUT2D eigenvalue weighted by atomic mass is 16.6. The van der Waals surface area contributed by atoms with Gasteiger partial charge in [-0.1, -0.05) is 146 Å². The number of ether oxygens (including phenoxy) is 2. The van der Waals surface area contributed by atoms with Crippen LogP contribution >= 0.6 is 0 Å². The van der Waals surface area contributed by atoms with E-state index in [1.165, 1.54) is 83.5 Å². The van der Waals surface area contributed by atoms with E-state index in [1.54, 1.807) is 0 Å². The largest absolute Gasteiger partial charge is 0.462 e. The summed E-state index contributed by atoms with van der Waals surface area (Å²) < 4.78 is 10.5. The molecule has 0 amide bonds. The summed E-state index contributed by atoms with van der Waals surface area (Å²) in [6, 6.07) is 0. The van der Waals surface area contributed by atoms with Gasteiger partial charge < -0.3 is 14.6 Å². The van der Waals surface area contributed by atoms with Gasteiger partial charge in [0.1, 0.15) is 6.61 Å². The van der Waals surface area contributed by atoms with Gasteiger partial charge in [-0.15, -0.1) is 0 Å². The van der Waals surface area contributed by atoms with Crippen LogP contribution in [0.25, 0.3) is 0 Å². The average molecular weight is 603 g/mol. The third-order valence-corrected chi connectivity index (χ3v) is 7.38. The molecule has 0 fully saturated rings. The second-order valence-corrected chi connectivity index (χ2v) is 11.6. The highest BCUT2D eigenvalue weighted by molar-refractivity contribution is 5.70. The Morgan fingerprint density at radius 3 is 1.47 bits per heavy atom. The number of esters is 2. The summed E-state index contributed by atoms with van der Waals surface area (Å²) in [6.07, 6.45) is 41.7. The van der Waals surface area contributed by atoms with E-state index < -0.39 is 6.10 Å². The van der Waals surface area contributed by atoms with Crippen LogP contribution in [0.3, 0.4) is 0 Å². The van der Waals surface area contributed by atoms with E-state index >= 15 is 0 Å². The maximum Gasteiger partial charge on any atom is 0.306 e. The zero-order valence-electron chi connectivity index (χ0n) is 28.0. The van der Waals surface area contributed by atoms with Crippen LogP contribution in [0, 0.1) is 0 Å². The number of aliphatic hydroxyl groups excluding tert-OH is 1. The molecule has 248 valence electrons. The molecule has 0 aromatic carbocycles. The fourth-order valence-electron chi connectivity index (χ4n) is 4.66. The Balaban J connectivity index is 3.69. The van der Waals surface area contributed by atoms with Crippen molar-refractivity contribution >= 4 is 11.9 Å². The first-order valence-electron chi connectivity index (χ1n) is 17.7. The Labute approximate surface area is 265 Å². The SMILES string of the molecule is CCCCC/C=C/C/C=C/C/C=C/C/C=C/CCCC(=O)OC[C@H](CO)OC(=O)CCCCCCCCCCCCCC. The summed E-state index contributed by atoms with van der Waals surface area (Å²) >= 11 is 0. The van der Waals surface area contributed by atoms with Crippen LogP contribution in [-0.2, 0) is 19.1 Å². The van der Waals surface area contributed by atoms with Gasteiger partial charge in [-0.2, -0.15) is 0 Å². The quantitative estimate of drug-likeness (QED) is 0.0485. The van der Waals surface area contributed by atoms with Gasteiger partial charge in [-0.25, -0.2) is 0 Å². The van der Waals surface area contributed by atoms with Crippen molar-refractivity contribution in [1.29, 1.82) is 0 Å². The molecule has 0 rings (SSSR count). The lowest BCUT2D eigenvalue weighted by molar-refractivity contribution is -0.161. The molecule has 0 saturated carbocycles. The molecule has 0 radical (unpaired) electrons. The number of allylic oxidation sites excluding steroid dienone is 8. The number of rotatable bonds is 31. The predicted octanol–water partition coefficient (Wildman–Crippen LogP) is 10.7. The summed E-state index contributed by atoms with van der Waals surface area (Å²) in [5.74, 6) is -0.658.